The molecule has 7 heteroatoms. The highest BCUT2D eigenvalue weighted by molar-refractivity contribution is 4.91. The summed E-state index contributed by atoms with van der Waals surface area (Å²) in [6, 6.07) is -0.107. The largest absolute Gasteiger partial charge is 0.411 e. The van der Waals surface area contributed by atoms with Gasteiger partial charge in [-0.25, -0.2) is 4.98 Å². The summed E-state index contributed by atoms with van der Waals surface area (Å²) in [6.45, 7) is -1.16. The highest BCUT2D eigenvalue weighted by Gasteiger charge is 2.27. The third kappa shape index (κ3) is 5.50. The van der Waals surface area contributed by atoms with Crippen LogP contribution in [0.2, 0.25) is 0 Å². The Morgan fingerprint density at radius 1 is 1.50 bits per heavy atom. The molecule has 0 radical (unpaired) electrons. The van der Waals surface area contributed by atoms with Crippen LogP contribution >= 0.6 is 0 Å². The van der Waals surface area contributed by atoms with E-state index in [1.165, 1.54) is 0 Å². The first kappa shape index (κ1) is 15.0. The van der Waals surface area contributed by atoms with Gasteiger partial charge in [0.15, 0.2) is 0 Å². The Kier molecular flexibility index (Phi) is 5.61. The quantitative estimate of drug-likeness (QED) is 0.812. The molecule has 0 saturated carbocycles. The van der Waals surface area contributed by atoms with Gasteiger partial charge >= 0.3 is 6.18 Å². The first-order chi connectivity index (χ1) is 8.42. The molecule has 0 aliphatic carbocycles. The molecule has 1 heterocycles. The maximum atomic E-state index is 11.9. The van der Waals surface area contributed by atoms with Crippen molar-refractivity contribution in [3.63, 3.8) is 0 Å². The summed E-state index contributed by atoms with van der Waals surface area (Å²) >= 11 is 0. The normalized spacial score (nSPS) is 13.8. The second-order valence-electron chi connectivity index (χ2n) is 4.11. The Bertz CT molecular complexity index is 352. The van der Waals surface area contributed by atoms with Crippen LogP contribution in [0.25, 0.3) is 0 Å². The van der Waals surface area contributed by atoms with Crippen molar-refractivity contribution in [3.05, 3.63) is 18.2 Å². The van der Waals surface area contributed by atoms with Crippen molar-refractivity contribution < 1.29 is 17.9 Å². The van der Waals surface area contributed by atoms with Crippen LogP contribution in [0.5, 0.6) is 0 Å². The number of nitrogens with one attached hydrogen (secondary N) is 1. The molecule has 18 heavy (non-hydrogen) atoms. The number of rotatable bonds is 7. The molecule has 4 nitrogen and oxygen atoms in total. The summed E-state index contributed by atoms with van der Waals surface area (Å²) < 4.78 is 42.3. The molecule has 0 amide bonds. The second kappa shape index (κ2) is 6.75. The summed E-state index contributed by atoms with van der Waals surface area (Å²) in [5.74, 6) is 0.908. The number of imidazole rings is 1. The second-order valence-corrected chi connectivity index (χ2v) is 4.11. The Balaban J connectivity index is 2.28. The van der Waals surface area contributed by atoms with Crippen LogP contribution in [-0.4, -0.2) is 42.0 Å². The van der Waals surface area contributed by atoms with Gasteiger partial charge in [0.05, 0.1) is 6.61 Å². The minimum Gasteiger partial charge on any atom is -0.370 e. The smallest absolute Gasteiger partial charge is 0.370 e. The minimum absolute atomic E-state index is 0.0421. The Morgan fingerprint density at radius 2 is 2.22 bits per heavy atom. The fourth-order valence-electron chi connectivity index (χ4n) is 1.57. The lowest BCUT2D eigenvalue weighted by Gasteiger charge is -2.16. The fraction of sp³-hybridized carbons (Fsp3) is 0.727. The van der Waals surface area contributed by atoms with Crippen molar-refractivity contribution in [2.75, 3.05) is 20.3 Å². The maximum absolute atomic E-state index is 11.9. The van der Waals surface area contributed by atoms with Gasteiger partial charge in [0.1, 0.15) is 12.4 Å². The molecule has 0 bridgehead atoms. The van der Waals surface area contributed by atoms with E-state index in [4.69, 9.17) is 0 Å². The van der Waals surface area contributed by atoms with Gasteiger partial charge in [-0.05, 0) is 13.5 Å². The van der Waals surface area contributed by atoms with E-state index < -0.39 is 12.8 Å². The van der Waals surface area contributed by atoms with Crippen LogP contribution in [0.1, 0.15) is 12.2 Å². The van der Waals surface area contributed by atoms with Gasteiger partial charge < -0.3 is 14.6 Å². The van der Waals surface area contributed by atoms with E-state index >= 15 is 0 Å². The predicted octanol–water partition coefficient (Wildman–Crippen LogP) is 1.52. The molecule has 1 aromatic rings. The average Bonchev–Trinajstić information content (AvgIpc) is 2.67. The molecule has 1 rings (SSSR count). The first-order valence-electron chi connectivity index (χ1n) is 5.70. The highest BCUT2D eigenvalue weighted by Crippen LogP contribution is 2.14. The zero-order chi connectivity index (χ0) is 13.6. The summed E-state index contributed by atoms with van der Waals surface area (Å²) in [5, 5.41) is 2.94. The number of halogens is 3. The lowest BCUT2D eigenvalue weighted by Crippen LogP contribution is -2.33. The fourth-order valence-corrected chi connectivity index (χ4v) is 1.57. The zero-order valence-corrected chi connectivity index (χ0v) is 10.5. The van der Waals surface area contributed by atoms with Crippen LogP contribution in [0.15, 0.2) is 12.4 Å². The Hall–Kier alpha value is -1.08. The van der Waals surface area contributed by atoms with Crippen molar-refractivity contribution in [1.29, 1.82) is 0 Å². The van der Waals surface area contributed by atoms with E-state index in [1.807, 2.05) is 17.8 Å². The van der Waals surface area contributed by atoms with Crippen LogP contribution in [0.3, 0.4) is 0 Å². The van der Waals surface area contributed by atoms with Gasteiger partial charge in [-0.15, -0.1) is 0 Å². The van der Waals surface area contributed by atoms with E-state index in [1.54, 1.807) is 13.2 Å². The van der Waals surface area contributed by atoms with Gasteiger partial charge in [-0.2, -0.15) is 13.2 Å². The van der Waals surface area contributed by atoms with E-state index in [2.05, 4.69) is 15.0 Å². The van der Waals surface area contributed by atoms with Gasteiger partial charge in [0.25, 0.3) is 0 Å². The van der Waals surface area contributed by atoms with E-state index in [9.17, 15) is 13.2 Å². The van der Waals surface area contributed by atoms with Gasteiger partial charge in [0, 0.05) is 31.9 Å². The van der Waals surface area contributed by atoms with Crippen molar-refractivity contribution >= 4 is 0 Å². The topological polar surface area (TPSA) is 39.1 Å². The highest BCUT2D eigenvalue weighted by atomic mass is 19.4. The first-order valence-corrected chi connectivity index (χ1v) is 5.70. The Labute approximate surface area is 104 Å². The molecule has 0 saturated heterocycles. The number of likely N-dealkylation sites (N-methyl/N-ethyl adjacent to an activating group) is 1. The van der Waals surface area contributed by atoms with Crippen LogP contribution < -0.4 is 5.32 Å². The molecular formula is C11H18F3N3O. The zero-order valence-electron chi connectivity index (χ0n) is 10.5. The van der Waals surface area contributed by atoms with Crippen molar-refractivity contribution in [2.24, 2.45) is 7.05 Å². The standard InChI is InChI=1S/C11H18F3N3O/c1-15-9(7-18-8-11(12,13)14)3-4-10-16-5-6-17(10)2/h5-6,9,15H,3-4,7-8H2,1-2H3. The third-order valence-electron chi connectivity index (χ3n) is 2.63. The summed E-state index contributed by atoms with van der Waals surface area (Å²) in [7, 11) is 3.59. The molecule has 0 aliphatic rings. The molecule has 0 aliphatic heterocycles. The lowest BCUT2D eigenvalue weighted by molar-refractivity contribution is -0.175. The third-order valence-corrected chi connectivity index (χ3v) is 2.63. The average molecular weight is 265 g/mol. The van der Waals surface area contributed by atoms with Crippen LogP contribution in [-0.2, 0) is 18.2 Å². The molecule has 1 unspecified atom stereocenters. The maximum Gasteiger partial charge on any atom is 0.411 e. The summed E-state index contributed by atoms with van der Waals surface area (Å²) in [4.78, 5) is 4.16. The number of hydrogen-bond acceptors (Lipinski definition) is 3. The molecule has 0 spiro atoms. The number of aryl methyl sites for hydroxylation is 2. The number of aromatic nitrogens is 2. The van der Waals surface area contributed by atoms with Crippen molar-refractivity contribution in [3.8, 4) is 0 Å². The van der Waals surface area contributed by atoms with E-state index in [-0.39, 0.29) is 12.6 Å². The number of hydrogen-bond donors (Lipinski definition) is 1. The van der Waals surface area contributed by atoms with Crippen LogP contribution in [0, 0.1) is 0 Å². The number of nitrogens with zero attached hydrogens (tertiary/aromatic N) is 2. The monoisotopic (exact) mass is 265 g/mol. The summed E-state index contributed by atoms with van der Waals surface area (Å²) in [6.07, 6.45) is 0.648. The Morgan fingerprint density at radius 3 is 2.72 bits per heavy atom. The van der Waals surface area contributed by atoms with Crippen molar-refractivity contribution in [1.82, 2.24) is 14.9 Å². The lowest BCUT2D eigenvalue weighted by atomic mass is 10.1. The molecule has 104 valence electrons. The molecule has 0 fully saturated rings. The number of alkyl halides is 3. The molecule has 1 atom stereocenters. The number of ether oxygens (including phenoxy) is 1. The molecular weight excluding hydrogens is 247 g/mol. The van der Waals surface area contributed by atoms with E-state index in [0.717, 1.165) is 5.82 Å². The predicted molar refractivity (Wildman–Crippen MR) is 61.3 cm³/mol. The summed E-state index contributed by atoms with van der Waals surface area (Å²) in [5.41, 5.74) is 0. The minimum atomic E-state index is -4.27. The van der Waals surface area contributed by atoms with E-state index in [0.29, 0.717) is 12.8 Å². The van der Waals surface area contributed by atoms with Gasteiger partial charge in [0.2, 0.25) is 0 Å². The van der Waals surface area contributed by atoms with Crippen LogP contribution in [0.4, 0.5) is 13.2 Å². The van der Waals surface area contributed by atoms with Crippen molar-refractivity contribution in [2.45, 2.75) is 25.1 Å². The molecule has 1 N–H and O–H groups in total. The molecule has 1 aromatic heterocycles. The molecule has 0 aromatic carbocycles. The SMILES string of the molecule is CNC(CCc1nccn1C)COCC(F)(F)F. The van der Waals surface area contributed by atoms with Gasteiger partial charge in [-0.1, -0.05) is 0 Å². The van der Waals surface area contributed by atoms with Gasteiger partial charge in [-0.3, -0.25) is 0 Å².